The summed E-state index contributed by atoms with van der Waals surface area (Å²) in [7, 11) is 1.64. The molecule has 2 fully saturated rings. The molecule has 2 aliphatic heterocycles. The van der Waals surface area contributed by atoms with E-state index in [0.717, 1.165) is 25.5 Å². The molecule has 0 unspecified atom stereocenters. The third-order valence-electron chi connectivity index (χ3n) is 5.45. The topological polar surface area (TPSA) is 91.3 Å². The number of nitrogens with zero attached hydrogens (tertiary/aromatic N) is 1. The van der Waals surface area contributed by atoms with Crippen molar-refractivity contribution in [3.05, 3.63) is 34.6 Å². The second-order valence-corrected chi connectivity index (χ2v) is 7.61. The van der Waals surface area contributed by atoms with E-state index in [1.807, 2.05) is 0 Å². The van der Waals surface area contributed by atoms with Gasteiger partial charge in [-0.15, -0.1) is 0 Å². The van der Waals surface area contributed by atoms with Gasteiger partial charge in [0, 0.05) is 25.3 Å². The molecule has 9 heteroatoms. The summed E-state index contributed by atoms with van der Waals surface area (Å²) in [5, 5.41) is 22.8. The van der Waals surface area contributed by atoms with Crippen molar-refractivity contribution in [3.63, 3.8) is 0 Å². The fourth-order valence-corrected chi connectivity index (χ4v) is 4.29. The summed E-state index contributed by atoms with van der Waals surface area (Å²) in [4.78, 5) is 14.5. The van der Waals surface area contributed by atoms with Crippen LogP contribution in [0.3, 0.4) is 0 Å². The number of amides is 1. The number of benzene rings is 1. The zero-order valence-corrected chi connectivity index (χ0v) is 16.4. The number of hydrogen-bond donors (Lipinski definition) is 3. The Morgan fingerprint density at radius 2 is 2.25 bits per heavy atom. The van der Waals surface area contributed by atoms with Crippen LogP contribution in [0.4, 0.5) is 4.39 Å². The first-order valence-electron chi connectivity index (χ1n) is 9.38. The highest BCUT2D eigenvalue weighted by molar-refractivity contribution is 6.31. The van der Waals surface area contributed by atoms with Crippen molar-refractivity contribution in [2.75, 3.05) is 33.4 Å². The first kappa shape index (κ1) is 21.4. The van der Waals surface area contributed by atoms with Crippen molar-refractivity contribution in [3.8, 4) is 0 Å². The molecule has 1 aromatic rings. The number of halogens is 2. The molecule has 0 saturated carbocycles. The van der Waals surface area contributed by atoms with E-state index in [1.54, 1.807) is 7.11 Å². The molecule has 0 aliphatic carbocycles. The lowest BCUT2D eigenvalue weighted by Crippen LogP contribution is -2.53. The van der Waals surface area contributed by atoms with E-state index in [9.17, 15) is 19.4 Å². The fraction of sp³-hybridized carbons (Fsp3) is 0.632. The Morgan fingerprint density at radius 1 is 1.46 bits per heavy atom. The van der Waals surface area contributed by atoms with Gasteiger partial charge in [0.15, 0.2) is 0 Å². The fourth-order valence-electron chi connectivity index (χ4n) is 4.11. The molecule has 2 aliphatic rings. The van der Waals surface area contributed by atoms with Crippen molar-refractivity contribution in [2.24, 2.45) is 0 Å². The monoisotopic (exact) mass is 416 g/mol. The van der Waals surface area contributed by atoms with Gasteiger partial charge < -0.3 is 25.0 Å². The lowest BCUT2D eigenvalue weighted by atomic mass is 10.0. The first-order chi connectivity index (χ1) is 13.5. The molecule has 7 nitrogen and oxygen atoms in total. The van der Waals surface area contributed by atoms with E-state index >= 15 is 0 Å². The van der Waals surface area contributed by atoms with Crippen molar-refractivity contribution in [1.82, 2.24) is 10.2 Å². The van der Waals surface area contributed by atoms with Crippen LogP contribution in [0.15, 0.2) is 18.2 Å². The molecule has 0 spiro atoms. The number of aliphatic hydroxyl groups excluding tert-OH is 2. The molecule has 3 N–H and O–H groups in total. The molecule has 0 bridgehead atoms. The second kappa shape index (κ2) is 9.47. The van der Waals surface area contributed by atoms with E-state index in [-0.39, 0.29) is 35.8 Å². The number of ether oxygens (including phenoxy) is 2. The Kier molecular flexibility index (Phi) is 7.25. The SMILES string of the molecule is COC[C@@H]1CCCN1[C@H]1[C@H](O)[C@H](CO)O[C@@H]1CNC(=O)c1ccc(F)c(Cl)c1. The maximum absolute atomic E-state index is 13.3. The molecule has 3 rings (SSSR count). The van der Waals surface area contributed by atoms with Crippen molar-refractivity contribution in [1.29, 1.82) is 0 Å². The lowest BCUT2D eigenvalue weighted by Gasteiger charge is -2.34. The van der Waals surface area contributed by atoms with Crippen LogP contribution in [-0.4, -0.2) is 84.8 Å². The Morgan fingerprint density at radius 3 is 2.93 bits per heavy atom. The van der Waals surface area contributed by atoms with Gasteiger partial charge >= 0.3 is 0 Å². The average Bonchev–Trinajstić information content (AvgIpc) is 3.25. The van der Waals surface area contributed by atoms with E-state index in [1.165, 1.54) is 12.1 Å². The molecule has 1 amide bonds. The van der Waals surface area contributed by atoms with Gasteiger partial charge in [0.25, 0.3) is 5.91 Å². The number of methoxy groups -OCH3 is 1. The Balaban J connectivity index is 1.69. The normalized spacial score (nSPS) is 30.7. The van der Waals surface area contributed by atoms with Gasteiger partial charge in [-0.1, -0.05) is 11.6 Å². The summed E-state index contributed by atoms with van der Waals surface area (Å²) in [6.45, 7) is 1.16. The molecule has 0 radical (unpaired) electrons. The van der Waals surface area contributed by atoms with E-state index in [2.05, 4.69) is 10.2 Å². The molecule has 0 aromatic heterocycles. The number of carbonyl (C=O) groups is 1. The molecular weight excluding hydrogens is 391 g/mol. The number of hydrogen-bond acceptors (Lipinski definition) is 6. The average molecular weight is 417 g/mol. The summed E-state index contributed by atoms with van der Waals surface area (Å²) < 4.78 is 24.4. The summed E-state index contributed by atoms with van der Waals surface area (Å²) in [6.07, 6.45) is -0.146. The first-order valence-corrected chi connectivity index (χ1v) is 9.76. The van der Waals surface area contributed by atoms with E-state index < -0.39 is 30.0 Å². The van der Waals surface area contributed by atoms with E-state index in [0.29, 0.717) is 6.61 Å². The minimum Gasteiger partial charge on any atom is -0.394 e. The second-order valence-electron chi connectivity index (χ2n) is 7.20. The number of aliphatic hydroxyl groups is 2. The van der Waals surface area contributed by atoms with Gasteiger partial charge in [-0.05, 0) is 37.6 Å². The van der Waals surface area contributed by atoms with Crippen LogP contribution in [0.25, 0.3) is 0 Å². The van der Waals surface area contributed by atoms with Gasteiger partial charge in [0.1, 0.15) is 18.0 Å². The maximum Gasteiger partial charge on any atom is 0.251 e. The van der Waals surface area contributed by atoms with Crippen molar-refractivity contribution < 1.29 is 28.9 Å². The smallest absolute Gasteiger partial charge is 0.251 e. The molecule has 1 aromatic carbocycles. The molecule has 5 atom stereocenters. The zero-order chi connectivity index (χ0) is 20.3. The summed E-state index contributed by atoms with van der Waals surface area (Å²) >= 11 is 5.74. The van der Waals surface area contributed by atoms with Gasteiger partial charge in [-0.25, -0.2) is 4.39 Å². The molecular formula is C19H26ClFN2O5. The summed E-state index contributed by atoms with van der Waals surface area (Å²) in [5.74, 6) is -1.01. The number of nitrogens with one attached hydrogen (secondary N) is 1. The highest BCUT2D eigenvalue weighted by Crippen LogP contribution is 2.31. The Hall–Kier alpha value is -1.29. The van der Waals surface area contributed by atoms with Crippen LogP contribution in [0, 0.1) is 5.82 Å². The summed E-state index contributed by atoms with van der Waals surface area (Å²) in [5.41, 5.74) is 0.235. The van der Waals surface area contributed by atoms with Gasteiger partial charge in [-0.2, -0.15) is 0 Å². The molecule has 2 saturated heterocycles. The predicted molar refractivity (Wildman–Crippen MR) is 101 cm³/mol. The number of carbonyl (C=O) groups excluding carboxylic acids is 1. The molecule has 2 heterocycles. The Bertz CT molecular complexity index is 694. The standard InChI is InChI=1S/C19H26ClFN2O5/c1-27-10-12-3-2-6-23(12)17-15(28-16(9-24)18(17)25)8-22-19(26)11-4-5-14(21)13(20)7-11/h4-5,7,12,15-18,24-25H,2-3,6,8-10H2,1H3,(H,22,26)/t12-,15+,16-,17+,18+/m0/s1. The van der Waals surface area contributed by atoms with Crippen LogP contribution < -0.4 is 5.32 Å². The highest BCUT2D eigenvalue weighted by atomic mass is 35.5. The minimum absolute atomic E-state index is 0.127. The largest absolute Gasteiger partial charge is 0.394 e. The zero-order valence-electron chi connectivity index (χ0n) is 15.7. The van der Waals surface area contributed by atoms with Crippen molar-refractivity contribution in [2.45, 2.75) is 43.2 Å². The molecule has 156 valence electrons. The Labute approximate surface area is 168 Å². The number of rotatable bonds is 7. The van der Waals surface area contributed by atoms with Crippen LogP contribution >= 0.6 is 11.6 Å². The van der Waals surface area contributed by atoms with Crippen LogP contribution in [-0.2, 0) is 9.47 Å². The third-order valence-corrected chi connectivity index (χ3v) is 5.74. The molecule has 28 heavy (non-hydrogen) atoms. The highest BCUT2D eigenvalue weighted by Gasteiger charge is 2.48. The third kappa shape index (κ3) is 4.48. The predicted octanol–water partition coefficient (Wildman–Crippen LogP) is 0.809. The van der Waals surface area contributed by atoms with Gasteiger partial charge in [0.05, 0.1) is 30.4 Å². The summed E-state index contributed by atoms with van der Waals surface area (Å²) in [6, 6.07) is 3.54. The van der Waals surface area contributed by atoms with Crippen molar-refractivity contribution >= 4 is 17.5 Å². The number of likely N-dealkylation sites (tertiary alicyclic amines) is 1. The van der Waals surface area contributed by atoms with Crippen LogP contribution in [0.5, 0.6) is 0 Å². The minimum atomic E-state index is -0.871. The van der Waals surface area contributed by atoms with E-state index in [4.69, 9.17) is 21.1 Å². The lowest BCUT2D eigenvalue weighted by molar-refractivity contribution is -0.0209. The van der Waals surface area contributed by atoms with Gasteiger partial charge in [0.2, 0.25) is 0 Å². The maximum atomic E-state index is 13.3. The quantitative estimate of drug-likeness (QED) is 0.609. The van der Waals surface area contributed by atoms with Crippen LogP contribution in [0.1, 0.15) is 23.2 Å². The van der Waals surface area contributed by atoms with Gasteiger partial charge in [-0.3, -0.25) is 9.69 Å². The van der Waals surface area contributed by atoms with Crippen LogP contribution in [0.2, 0.25) is 5.02 Å².